The molecule has 0 aliphatic carbocycles. The Balaban J connectivity index is 1.97. The molecule has 0 aromatic heterocycles. The van der Waals surface area contributed by atoms with Crippen molar-refractivity contribution in [1.82, 2.24) is 0 Å². The summed E-state index contributed by atoms with van der Waals surface area (Å²) in [6.07, 6.45) is -0.116. The largest absolute Gasteiger partial charge is 0.485 e. The van der Waals surface area contributed by atoms with Gasteiger partial charge >= 0.3 is 0 Å². The molecule has 0 saturated carbocycles. The van der Waals surface area contributed by atoms with Crippen molar-refractivity contribution in [2.75, 3.05) is 0 Å². The van der Waals surface area contributed by atoms with Gasteiger partial charge in [-0.05, 0) is 30.3 Å². The Morgan fingerprint density at radius 2 is 1.90 bits per heavy atom. The van der Waals surface area contributed by atoms with Crippen LogP contribution >= 0.6 is 11.6 Å². The van der Waals surface area contributed by atoms with Gasteiger partial charge in [0.05, 0.1) is 0 Å². The molecular formula is C15H12ClF2NO. The van der Waals surface area contributed by atoms with E-state index in [2.05, 4.69) is 0 Å². The lowest BCUT2D eigenvalue weighted by Gasteiger charge is -2.30. The number of hydrogen-bond donors (Lipinski definition) is 1. The number of nitrogens with two attached hydrogens (primary N) is 1. The normalized spacial score (nSPS) is 21.2. The molecule has 2 nitrogen and oxygen atoms in total. The minimum Gasteiger partial charge on any atom is -0.485 e. The van der Waals surface area contributed by atoms with Crippen LogP contribution in [0.5, 0.6) is 5.75 Å². The van der Waals surface area contributed by atoms with Crippen LogP contribution in [-0.4, -0.2) is 0 Å². The molecule has 2 aromatic rings. The third kappa shape index (κ3) is 2.37. The molecule has 2 N–H and O–H groups in total. The van der Waals surface area contributed by atoms with Crippen molar-refractivity contribution in [3.63, 3.8) is 0 Å². The zero-order valence-electron chi connectivity index (χ0n) is 10.4. The lowest BCUT2D eigenvalue weighted by molar-refractivity contribution is 0.157. The van der Waals surface area contributed by atoms with Crippen LogP contribution in [0.2, 0.25) is 5.02 Å². The van der Waals surface area contributed by atoms with E-state index in [0.29, 0.717) is 28.3 Å². The Bertz CT molecular complexity index is 662. The average molecular weight is 296 g/mol. The van der Waals surface area contributed by atoms with Gasteiger partial charge < -0.3 is 10.5 Å². The Hall–Kier alpha value is -1.65. The summed E-state index contributed by atoms with van der Waals surface area (Å²) in [7, 11) is 0. The maximum atomic E-state index is 13.9. The first-order valence-corrected chi connectivity index (χ1v) is 6.59. The summed E-state index contributed by atoms with van der Waals surface area (Å²) in [5.41, 5.74) is 7.04. The maximum Gasteiger partial charge on any atom is 0.131 e. The van der Waals surface area contributed by atoms with Crippen LogP contribution in [0.15, 0.2) is 36.4 Å². The van der Waals surface area contributed by atoms with E-state index in [0.717, 1.165) is 0 Å². The molecule has 1 aliphatic rings. The molecule has 2 aromatic carbocycles. The fourth-order valence-electron chi connectivity index (χ4n) is 2.43. The molecular weight excluding hydrogens is 284 g/mol. The van der Waals surface area contributed by atoms with Gasteiger partial charge in [-0.25, -0.2) is 8.78 Å². The smallest absolute Gasteiger partial charge is 0.131 e. The molecule has 1 unspecified atom stereocenters. The van der Waals surface area contributed by atoms with Gasteiger partial charge in [-0.1, -0.05) is 17.7 Å². The lowest BCUT2D eigenvalue weighted by atomic mass is 9.93. The predicted octanol–water partition coefficient (Wildman–Crippen LogP) is 4.14. The Labute approximate surface area is 120 Å². The second kappa shape index (κ2) is 5.04. The zero-order valence-corrected chi connectivity index (χ0v) is 11.2. The number of fused-ring (bicyclic) bond motifs is 1. The molecule has 20 heavy (non-hydrogen) atoms. The van der Waals surface area contributed by atoms with Gasteiger partial charge in [0, 0.05) is 28.6 Å². The van der Waals surface area contributed by atoms with Gasteiger partial charge in [0.1, 0.15) is 23.5 Å². The van der Waals surface area contributed by atoms with E-state index in [4.69, 9.17) is 22.1 Å². The fraction of sp³-hybridized carbons (Fsp3) is 0.200. The Morgan fingerprint density at radius 1 is 1.10 bits per heavy atom. The van der Waals surface area contributed by atoms with Crippen molar-refractivity contribution < 1.29 is 13.5 Å². The van der Waals surface area contributed by atoms with Crippen LogP contribution in [0.3, 0.4) is 0 Å². The van der Waals surface area contributed by atoms with E-state index in [1.165, 1.54) is 24.3 Å². The molecule has 0 amide bonds. The number of rotatable bonds is 1. The number of hydrogen-bond acceptors (Lipinski definition) is 2. The number of halogens is 3. The number of benzene rings is 2. The minimum absolute atomic E-state index is 0.328. The first-order valence-electron chi connectivity index (χ1n) is 6.21. The highest BCUT2D eigenvalue weighted by atomic mass is 35.5. The summed E-state index contributed by atoms with van der Waals surface area (Å²) in [5, 5.41) is 0.328. The third-order valence-corrected chi connectivity index (χ3v) is 3.65. The van der Waals surface area contributed by atoms with Gasteiger partial charge in [0.25, 0.3) is 0 Å². The van der Waals surface area contributed by atoms with Crippen LogP contribution in [0.4, 0.5) is 8.78 Å². The summed E-state index contributed by atoms with van der Waals surface area (Å²) in [6.45, 7) is 0. The van der Waals surface area contributed by atoms with Crippen molar-refractivity contribution in [1.29, 1.82) is 0 Å². The number of ether oxygens (including phenoxy) is 1. The predicted molar refractivity (Wildman–Crippen MR) is 72.7 cm³/mol. The van der Waals surface area contributed by atoms with Crippen LogP contribution in [0.25, 0.3) is 0 Å². The highest BCUT2D eigenvalue weighted by Crippen LogP contribution is 2.40. The second-order valence-electron chi connectivity index (χ2n) is 4.80. The molecule has 0 fully saturated rings. The standard InChI is InChI=1S/C15H12ClF2NO/c16-8-1-3-10(12(18)5-8)15-7-13(19)11-6-9(17)2-4-14(11)20-15/h1-6,13,15H,7,19H2/t13-,15?/m1/s1. The van der Waals surface area contributed by atoms with E-state index in [-0.39, 0.29) is 5.82 Å². The minimum atomic E-state index is -0.500. The molecule has 0 bridgehead atoms. The molecule has 0 saturated heterocycles. The van der Waals surface area contributed by atoms with Gasteiger partial charge in [-0.2, -0.15) is 0 Å². The van der Waals surface area contributed by atoms with Crippen LogP contribution in [-0.2, 0) is 0 Å². The monoisotopic (exact) mass is 295 g/mol. The van der Waals surface area contributed by atoms with Crippen LogP contribution < -0.4 is 10.5 Å². The summed E-state index contributed by atoms with van der Waals surface area (Å²) in [6, 6.07) is 8.21. The third-order valence-electron chi connectivity index (χ3n) is 3.42. The van der Waals surface area contributed by atoms with Gasteiger partial charge in [0.15, 0.2) is 0 Å². The first kappa shape index (κ1) is 13.3. The molecule has 5 heteroatoms. The molecule has 0 spiro atoms. The maximum absolute atomic E-state index is 13.9. The quantitative estimate of drug-likeness (QED) is 0.858. The van der Waals surface area contributed by atoms with Crippen molar-refractivity contribution in [2.24, 2.45) is 5.73 Å². The van der Waals surface area contributed by atoms with Crippen LogP contribution in [0.1, 0.15) is 29.7 Å². The Kier molecular flexibility index (Phi) is 3.36. The van der Waals surface area contributed by atoms with Crippen molar-refractivity contribution in [3.05, 3.63) is 64.2 Å². The highest BCUT2D eigenvalue weighted by molar-refractivity contribution is 6.30. The van der Waals surface area contributed by atoms with E-state index in [9.17, 15) is 8.78 Å². The molecule has 0 radical (unpaired) electrons. The topological polar surface area (TPSA) is 35.2 Å². The summed E-state index contributed by atoms with van der Waals surface area (Å²) >= 11 is 5.74. The van der Waals surface area contributed by atoms with Gasteiger partial charge in [-0.3, -0.25) is 0 Å². The summed E-state index contributed by atoms with van der Waals surface area (Å²) in [4.78, 5) is 0. The first-order chi connectivity index (χ1) is 9.54. The SMILES string of the molecule is N[C@@H]1CC(c2ccc(Cl)cc2F)Oc2ccc(F)cc21. The average Bonchev–Trinajstić information content (AvgIpc) is 2.39. The van der Waals surface area contributed by atoms with E-state index in [1.807, 2.05) is 0 Å². The zero-order chi connectivity index (χ0) is 14.3. The van der Waals surface area contributed by atoms with Crippen molar-refractivity contribution in [2.45, 2.75) is 18.6 Å². The van der Waals surface area contributed by atoms with E-state index < -0.39 is 18.0 Å². The molecule has 2 atom stereocenters. The van der Waals surface area contributed by atoms with Gasteiger partial charge in [-0.15, -0.1) is 0 Å². The second-order valence-corrected chi connectivity index (χ2v) is 5.23. The van der Waals surface area contributed by atoms with Crippen molar-refractivity contribution >= 4 is 11.6 Å². The van der Waals surface area contributed by atoms with Crippen LogP contribution in [0, 0.1) is 11.6 Å². The van der Waals surface area contributed by atoms with Crippen molar-refractivity contribution in [3.8, 4) is 5.75 Å². The van der Waals surface area contributed by atoms with E-state index in [1.54, 1.807) is 12.1 Å². The lowest BCUT2D eigenvalue weighted by Crippen LogP contribution is -2.24. The molecule has 104 valence electrons. The molecule has 1 heterocycles. The summed E-state index contributed by atoms with van der Waals surface area (Å²) in [5.74, 6) is -0.302. The highest BCUT2D eigenvalue weighted by Gasteiger charge is 2.29. The van der Waals surface area contributed by atoms with Gasteiger partial charge in [0.2, 0.25) is 0 Å². The molecule has 1 aliphatic heterocycles. The molecule has 3 rings (SSSR count). The van der Waals surface area contributed by atoms with E-state index >= 15 is 0 Å². The fourth-order valence-corrected chi connectivity index (χ4v) is 2.59. The Morgan fingerprint density at radius 3 is 2.65 bits per heavy atom. The summed E-state index contributed by atoms with van der Waals surface area (Å²) < 4.78 is 32.9.